The maximum absolute atomic E-state index is 13.1. The zero-order chi connectivity index (χ0) is 18.7. The van der Waals surface area contributed by atoms with E-state index in [2.05, 4.69) is 11.2 Å². The molecular weight excluding hydrogens is 331 g/mol. The maximum atomic E-state index is 13.1. The topological polar surface area (TPSA) is 61.9 Å². The number of hydrogen-bond donors (Lipinski definition) is 0. The second-order valence-corrected chi connectivity index (χ2v) is 6.05. The average molecular weight is 348 g/mol. The second kappa shape index (κ2) is 7.19. The first-order chi connectivity index (χ1) is 12.5. The van der Waals surface area contributed by atoms with Gasteiger partial charge in [0.05, 0.1) is 17.3 Å². The molecule has 0 unspecified atom stereocenters. The highest BCUT2D eigenvalue weighted by Gasteiger charge is 2.23. The molecule has 1 heterocycles. The van der Waals surface area contributed by atoms with Crippen LogP contribution in [0, 0.1) is 17.1 Å². The lowest BCUT2D eigenvalue weighted by Crippen LogP contribution is -2.37. The van der Waals surface area contributed by atoms with Crippen molar-refractivity contribution in [3.8, 4) is 11.8 Å². The third kappa shape index (κ3) is 3.47. The lowest BCUT2D eigenvalue weighted by Gasteiger charge is -2.26. The van der Waals surface area contributed by atoms with Crippen LogP contribution in [0.5, 0.6) is 0 Å². The minimum absolute atomic E-state index is 0.118. The first-order valence-electron chi connectivity index (χ1n) is 8.15. The maximum Gasteiger partial charge on any atom is 0.279 e. The Bertz CT molecular complexity index is 970. The predicted octanol–water partition coefficient (Wildman–Crippen LogP) is 3.94. The summed E-state index contributed by atoms with van der Waals surface area (Å²) in [4.78, 5) is 14.6. The van der Waals surface area contributed by atoms with Gasteiger partial charge in [0.25, 0.3) is 5.91 Å². The Kier molecular flexibility index (Phi) is 4.81. The zero-order valence-electron chi connectivity index (χ0n) is 14.4. The van der Waals surface area contributed by atoms with Crippen molar-refractivity contribution in [3.05, 3.63) is 77.9 Å². The van der Waals surface area contributed by atoms with E-state index >= 15 is 0 Å². The van der Waals surface area contributed by atoms with E-state index in [1.807, 2.05) is 13.8 Å². The molecule has 1 aromatic heterocycles. The van der Waals surface area contributed by atoms with Crippen molar-refractivity contribution in [2.24, 2.45) is 0 Å². The number of hydrogen-bond acceptors (Lipinski definition) is 3. The molecule has 5 nitrogen and oxygen atoms in total. The summed E-state index contributed by atoms with van der Waals surface area (Å²) in [6, 6.07) is 16.3. The summed E-state index contributed by atoms with van der Waals surface area (Å²) in [5.41, 5.74) is 2.05. The first kappa shape index (κ1) is 17.4. The number of halogens is 1. The van der Waals surface area contributed by atoms with Crippen LogP contribution >= 0.6 is 0 Å². The quantitative estimate of drug-likeness (QED) is 0.717. The van der Waals surface area contributed by atoms with Crippen molar-refractivity contribution in [1.29, 1.82) is 5.26 Å². The summed E-state index contributed by atoms with van der Waals surface area (Å²) in [5.74, 6) is -0.600. The van der Waals surface area contributed by atoms with Crippen molar-refractivity contribution in [2.45, 2.75) is 19.9 Å². The number of benzene rings is 2. The van der Waals surface area contributed by atoms with Gasteiger partial charge in [-0.25, -0.2) is 9.07 Å². The van der Waals surface area contributed by atoms with Gasteiger partial charge in [-0.15, -0.1) is 0 Å². The van der Waals surface area contributed by atoms with E-state index in [1.54, 1.807) is 53.6 Å². The molecule has 3 aromatic rings. The zero-order valence-corrected chi connectivity index (χ0v) is 14.4. The summed E-state index contributed by atoms with van der Waals surface area (Å²) in [5, 5.41) is 13.4. The highest BCUT2D eigenvalue weighted by atomic mass is 19.1. The van der Waals surface area contributed by atoms with Crippen molar-refractivity contribution >= 4 is 11.6 Å². The molecule has 2 aromatic carbocycles. The van der Waals surface area contributed by atoms with Crippen molar-refractivity contribution in [1.82, 2.24) is 9.78 Å². The number of aromatic nitrogens is 2. The molecular formula is C20H17FN4O. The molecule has 1 amide bonds. The molecule has 0 N–H and O–H groups in total. The monoisotopic (exact) mass is 348 g/mol. The van der Waals surface area contributed by atoms with Gasteiger partial charge in [-0.2, -0.15) is 10.4 Å². The Labute approximate surface area is 150 Å². The molecule has 3 rings (SSSR count). The van der Waals surface area contributed by atoms with Crippen molar-refractivity contribution in [3.63, 3.8) is 0 Å². The molecule has 130 valence electrons. The van der Waals surface area contributed by atoms with Gasteiger partial charge in [0, 0.05) is 17.9 Å². The van der Waals surface area contributed by atoms with E-state index in [1.165, 1.54) is 16.8 Å². The highest BCUT2D eigenvalue weighted by molar-refractivity contribution is 6.05. The van der Waals surface area contributed by atoms with Crippen LogP contribution in [0.4, 0.5) is 10.1 Å². The molecule has 0 spiro atoms. The lowest BCUT2D eigenvalue weighted by atomic mass is 10.1. The summed E-state index contributed by atoms with van der Waals surface area (Å²) in [7, 11) is 0. The smallest absolute Gasteiger partial charge is 0.279 e. The third-order valence-electron chi connectivity index (χ3n) is 3.89. The fourth-order valence-electron chi connectivity index (χ4n) is 2.67. The molecule has 0 saturated carbocycles. The van der Waals surface area contributed by atoms with Crippen LogP contribution < -0.4 is 4.90 Å². The van der Waals surface area contributed by atoms with E-state index in [9.17, 15) is 9.18 Å². The standard InChI is InChI=1S/C20H17FN4O/c1-14(2)25(18-5-3-4-15(12-18)13-22)20(26)19-10-11-24(23-19)17-8-6-16(21)7-9-17/h3-12,14H,1-2H3. The molecule has 0 aliphatic carbocycles. The number of carbonyl (C=O) groups is 1. The first-order valence-corrected chi connectivity index (χ1v) is 8.15. The minimum atomic E-state index is -0.333. The van der Waals surface area contributed by atoms with E-state index in [-0.39, 0.29) is 23.5 Å². The van der Waals surface area contributed by atoms with Crippen LogP contribution in [0.15, 0.2) is 60.8 Å². The van der Waals surface area contributed by atoms with Gasteiger partial charge in [0.2, 0.25) is 0 Å². The molecule has 0 bridgehead atoms. The third-order valence-corrected chi connectivity index (χ3v) is 3.89. The van der Waals surface area contributed by atoms with Gasteiger partial charge >= 0.3 is 0 Å². The Morgan fingerprint density at radius 2 is 1.92 bits per heavy atom. The summed E-state index contributed by atoms with van der Waals surface area (Å²) in [6.45, 7) is 3.79. The van der Waals surface area contributed by atoms with Crippen LogP contribution in [-0.4, -0.2) is 21.7 Å². The van der Waals surface area contributed by atoms with Crippen LogP contribution in [-0.2, 0) is 0 Å². The average Bonchev–Trinajstić information content (AvgIpc) is 3.12. The van der Waals surface area contributed by atoms with E-state index < -0.39 is 0 Å². The van der Waals surface area contributed by atoms with Gasteiger partial charge in [0.1, 0.15) is 5.82 Å². The highest BCUT2D eigenvalue weighted by Crippen LogP contribution is 2.21. The number of carbonyl (C=O) groups excluding carboxylic acids is 1. The van der Waals surface area contributed by atoms with Gasteiger partial charge < -0.3 is 4.90 Å². The summed E-state index contributed by atoms with van der Waals surface area (Å²) < 4.78 is 14.6. The fourth-order valence-corrected chi connectivity index (χ4v) is 2.67. The van der Waals surface area contributed by atoms with E-state index in [0.29, 0.717) is 16.9 Å². The number of amides is 1. The van der Waals surface area contributed by atoms with Crippen LogP contribution in [0.2, 0.25) is 0 Å². The van der Waals surface area contributed by atoms with E-state index in [0.717, 1.165) is 0 Å². The summed E-state index contributed by atoms with van der Waals surface area (Å²) in [6.07, 6.45) is 1.66. The van der Waals surface area contributed by atoms with Gasteiger partial charge in [0.15, 0.2) is 5.69 Å². The Hall–Kier alpha value is -3.46. The molecule has 0 atom stereocenters. The minimum Gasteiger partial charge on any atom is -0.304 e. The van der Waals surface area contributed by atoms with Crippen LogP contribution in [0.25, 0.3) is 5.69 Å². The van der Waals surface area contributed by atoms with Crippen LogP contribution in [0.3, 0.4) is 0 Å². The van der Waals surface area contributed by atoms with Gasteiger partial charge in [-0.3, -0.25) is 4.79 Å². The Morgan fingerprint density at radius 1 is 1.19 bits per heavy atom. The SMILES string of the molecule is CC(C)N(C(=O)c1ccn(-c2ccc(F)cc2)n1)c1cccc(C#N)c1. The van der Waals surface area contributed by atoms with Crippen molar-refractivity contribution < 1.29 is 9.18 Å². The Morgan fingerprint density at radius 3 is 2.58 bits per heavy atom. The molecule has 0 saturated heterocycles. The molecule has 0 radical (unpaired) electrons. The predicted molar refractivity (Wildman–Crippen MR) is 96.6 cm³/mol. The molecule has 26 heavy (non-hydrogen) atoms. The van der Waals surface area contributed by atoms with Crippen molar-refractivity contribution in [2.75, 3.05) is 4.90 Å². The van der Waals surface area contributed by atoms with E-state index in [4.69, 9.17) is 5.26 Å². The number of nitriles is 1. The largest absolute Gasteiger partial charge is 0.304 e. The normalized spacial score (nSPS) is 10.6. The molecule has 6 heteroatoms. The number of anilines is 1. The number of nitrogens with zero attached hydrogens (tertiary/aromatic N) is 4. The van der Waals surface area contributed by atoms with Gasteiger partial charge in [-0.05, 0) is 62.4 Å². The molecule has 0 fully saturated rings. The summed E-state index contributed by atoms with van der Waals surface area (Å²) >= 11 is 0. The molecule has 0 aliphatic heterocycles. The lowest BCUT2D eigenvalue weighted by molar-refractivity contribution is 0.0975. The molecule has 0 aliphatic rings. The van der Waals surface area contributed by atoms with Gasteiger partial charge in [-0.1, -0.05) is 6.07 Å². The second-order valence-electron chi connectivity index (χ2n) is 6.05. The Balaban J connectivity index is 1.93. The fraction of sp³-hybridized carbons (Fsp3) is 0.150. The number of rotatable bonds is 4. The van der Waals surface area contributed by atoms with Crippen LogP contribution in [0.1, 0.15) is 29.9 Å².